The van der Waals surface area contributed by atoms with Crippen molar-refractivity contribution in [2.75, 3.05) is 0 Å². The number of para-hydroxylation sites is 1. The molecule has 7 aromatic rings. The topological polar surface area (TPSA) is 91.5 Å². The lowest BCUT2D eigenvalue weighted by molar-refractivity contribution is -0.433. The van der Waals surface area contributed by atoms with E-state index < -0.39 is 0 Å². The monoisotopic (exact) mass is 631 g/mol. The van der Waals surface area contributed by atoms with Crippen molar-refractivity contribution in [1.82, 2.24) is 15.0 Å². The second-order valence-corrected chi connectivity index (χ2v) is 11.7. The first kappa shape index (κ1) is 29.8. The zero-order valence-corrected chi connectivity index (χ0v) is 26.5. The molecule has 232 valence electrons. The summed E-state index contributed by atoms with van der Waals surface area (Å²) in [6.07, 6.45) is 5.55. The highest BCUT2D eigenvalue weighted by atomic mass is 15.0. The Morgan fingerprint density at radius 2 is 1.02 bits per heavy atom. The van der Waals surface area contributed by atoms with Gasteiger partial charge in [-0.15, -0.1) is 0 Å². The number of nitrogens with two attached hydrogens (primary N) is 1. The van der Waals surface area contributed by atoms with Gasteiger partial charge in [0.25, 0.3) is 0 Å². The normalized spacial score (nSPS) is 13.1. The molecule has 0 radical (unpaired) electrons. The van der Waals surface area contributed by atoms with Crippen LogP contribution >= 0.6 is 0 Å². The molecule has 0 saturated heterocycles. The van der Waals surface area contributed by atoms with Gasteiger partial charge in [-0.05, 0) is 54.1 Å². The fourth-order valence-electron chi connectivity index (χ4n) is 5.99. The Morgan fingerprint density at radius 1 is 0.510 bits per heavy atom. The molecule has 1 aliphatic rings. The van der Waals surface area contributed by atoms with Crippen LogP contribution in [0.1, 0.15) is 16.7 Å². The highest BCUT2D eigenvalue weighted by Gasteiger charge is 2.24. The summed E-state index contributed by atoms with van der Waals surface area (Å²) in [5, 5.41) is 11.0. The molecule has 3 N–H and O–H groups in total. The van der Waals surface area contributed by atoms with Crippen LogP contribution in [0.15, 0.2) is 175 Å². The van der Waals surface area contributed by atoms with E-state index in [0.717, 1.165) is 78.9 Å². The SMILES string of the molecule is N=C(/C=C1\[NH2+]C(c2cc(-c3ccc(-c4ccccn4)cc3)nc(-c3ccc(-c4ccccn4)cc3)c2)=Nc2ccccc21)c1ccccc1. The molecule has 6 heteroatoms. The van der Waals surface area contributed by atoms with Gasteiger partial charge >= 0.3 is 0 Å². The molecule has 1 aliphatic heterocycles. The Bertz CT molecular complexity index is 2230. The van der Waals surface area contributed by atoms with E-state index in [1.54, 1.807) is 0 Å². The number of hydrogen-bond acceptors (Lipinski definition) is 5. The number of allylic oxidation sites excluding steroid dienone is 1. The third-order valence-electron chi connectivity index (χ3n) is 8.54. The summed E-state index contributed by atoms with van der Waals surface area (Å²) >= 11 is 0. The van der Waals surface area contributed by atoms with Gasteiger partial charge in [0.1, 0.15) is 5.70 Å². The molecule has 4 aromatic carbocycles. The molecule has 0 saturated carbocycles. The largest absolute Gasteiger partial charge is 0.300 e. The zero-order valence-electron chi connectivity index (χ0n) is 26.5. The molecule has 3 aromatic heterocycles. The van der Waals surface area contributed by atoms with Crippen molar-refractivity contribution < 1.29 is 5.32 Å². The van der Waals surface area contributed by atoms with Crippen LogP contribution in [0.2, 0.25) is 0 Å². The minimum Gasteiger partial charge on any atom is -0.300 e. The van der Waals surface area contributed by atoms with Crippen LogP contribution < -0.4 is 5.32 Å². The predicted octanol–water partition coefficient (Wildman–Crippen LogP) is 8.60. The number of fused-ring (bicyclic) bond motifs is 1. The van der Waals surface area contributed by atoms with Crippen molar-refractivity contribution in [2.24, 2.45) is 4.99 Å². The zero-order chi connectivity index (χ0) is 33.0. The van der Waals surface area contributed by atoms with Gasteiger partial charge in [-0.1, -0.05) is 103 Å². The number of quaternary nitrogens is 1. The van der Waals surface area contributed by atoms with E-state index in [1.165, 1.54) is 0 Å². The molecule has 6 nitrogen and oxygen atoms in total. The molecule has 4 heterocycles. The maximum atomic E-state index is 8.87. The maximum Gasteiger partial charge on any atom is 0.237 e. The van der Waals surface area contributed by atoms with Gasteiger partial charge in [-0.25, -0.2) is 4.98 Å². The quantitative estimate of drug-likeness (QED) is 0.173. The standard InChI is InChI=1S/C43H30N6/c44-36(29-10-2-1-3-11-29)28-42-35-12-4-5-15-39(35)48-43(49-42)34-26-40(32-20-16-30(17-21-32)37-13-6-8-24-45-37)47-41(27-34)33-22-18-31(19-23-33)38-14-7-9-25-46-38/h1-28,44H,(H,48,49)/p+1/b42-28-,44-36?. The van der Waals surface area contributed by atoms with Crippen LogP contribution in [-0.2, 0) is 0 Å². The van der Waals surface area contributed by atoms with E-state index >= 15 is 0 Å². The Morgan fingerprint density at radius 3 is 1.57 bits per heavy atom. The van der Waals surface area contributed by atoms with E-state index in [4.69, 9.17) is 15.4 Å². The molecule has 0 bridgehead atoms. The Hall–Kier alpha value is -6.63. The maximum absolute atomic E-state index is 8.87. The summed E-state index contributed by atoms with van der Waals surface area (Å²) in [6.45, 7) is 0. The molecule has 0 atom stereocenters. The number of aliphatic imine (C=N–C) groups is 1. The summed E-state index contributed by atoms with van der Waals surface area (Å²) in [6, 6.07) is 50.7. The molecular weight excluding hydrogens is 601 g/mol. The van der Waals surface area contributed by atoms with Crippen molar-refractivity contribution in [3.8, 4) is 45.0 Å². The number of nitrogens with one attached hydrogen (secondary N) is 1. The number of amidine groups is 1. The number of aromatic nitrogens is 3. The predicted molar refractivity (Wildman–Crippen MR) is 197 cm³/mol. The lowest BCUT2D eigenvalue weighted by Crippen LogP contribution is -2.86. The summed E-state index contributed by atoms with van der Waals surface area (Å²) in [7, 11) is 0. The van der Waals surface area contributed by atoms with Gasteiger partial charge in [0.15, 0.2) is 0 Å². The summed E-state index contributed by atoms with van der Waals surface area (Å²) in [5.41, 5.74) is 12.7. The Balaban J connectivity index is 1.22. The van der Waals surface area contributed by atoms with Gasteiger partial charge in [0, 0.05) is 40.7 Å². The minimum absolute atomic E-state index is 0.444. The first-order valence-corrected chi connectivity index (χ1v) is 16.1. The summed E-state index contributed by atoms with van der Waals surface area (Å²) < 4.78 is 0. The Labute approximate surface area is 284 Å². The van der Waals surface area contributed by atoms with E-state index in [2.05, 4.69) is 82.0 Å². The summed E-state index contributed by atoms with van der Waals surface area (Å²) in [5.74, 6) is 0.811. The number of rotatable bonds is 7. The van der Waals surface area contributed by atoms with Crippen molar-refractivity contribution >= 4 is 22.9 Å². The summed E-state index contributed by atoms with van der Waals surface area (Å²) in [4.78, 5) is 19.3. The number of nitrogens with zero attached hydrogens (tertiary/aromatic N) is 4. The van der Waals surface area contributed by atoms with Crippen molar-refractivity contribution in [2.45, 2.75) is 0 Å². The number of benzene rings is 4. The highest BCUT2D eigenvalue weighted by molar-refractivity contribution is 6.11. The molecule has 0 fully saturated rings. The van der Waals surface area contributed by atoms with Crippen molar-refractivity contribution in [1.29, 1.82) is 5.41 Å². The van der Waals surface area contributed by atoms with Crippen LogP contribution in [0.4, 0.5) is 5.69 Å². The van der Waals surface area contributed by atoms with Crippen LogP contribution in [0, 0.1) is 5.41 Å². The van der Waals surface area contributed by atoms with Gasteiger partial charge in [0.2, 0.25) is 5.84 Å². The average Bonchev–Trinajstić information content (AvgIpc) is 3.19. The number of pyridine rings is 3. The van der Waals surface area contributed by atoms with Gasteiger partial charge in [-0.2, -0.15) is 4.99 Å². The van der Waals surface area contributed by atoms with E-state index in [9.17, 15) is 0 Å². The van der Waals surface area contributed by atoms with Crippen molar-refractivity contribution in [3.05, 3.63) is 187 Å². The third kappa shape index (κ3) is 6.37. The third-order valence-corrected chi connectivity index (χ3v) is 8.54. The lowest BCUT2D eigenvalue weighted by atomic mass is 9.99. The second-order valence-electron chi connectivity index (χ2n) is 11.7. The van der Waals surface area contributed by atoms with Gasteiger partial charge in [-0.3, -0.25) is 15.3 Å². The fraction of sp³-hybridized carbons (Fsp3) is 0. The molecule has 0 aliphatic carbocycles. The van der Waals surface area contributed by atoms with E-state index in [0.29, 0.717) is 5.71 Å². The van der Waals surface area contributed by atoms with Gasteiger partial charge in [0.05, 0.1) is 45.3 Å². The molecule has 0 amide bonds. The first-order valence-electron chi connectivity index (χ1n) is 16.1. The molecule has 8 rings (SSSR count). The highest BCUT2D eigenvalue weighted by Crippen LogP contribution is 2.31. The van der Waals surface area contributed by atoms with Crippen molar-refractivity contribution in [3.63, 3.8) is 0 Å². The molecule has 49 heavy (non-hydrogen) atoms. The van der Waals surface area contributed by atoms with Gasteiger partial charge < -0.3 is 5.41 Å². The van der Waals surface area contributed by atoms with Crippen LogP contribution in [0.3, 0.4) is 0 Å². The van der Waals surface area contributed by atoms with Crippen LogP contribution in [0.25, 0.3) is 50.7 Å². The van der Waals surface area contributed by atoms with E-state index in [1.807, 2.05) is 103 Å². The minimum atomic E-state index is 0.444. The number of hydrogen-bond donors (Lipinski definition) is 2. The smallest absolute Gasteiger partial charge is 0.237 e. The second kappa shape index (κ2) is 13.2. The van der Waals surface area contributed by atoms with Crippen LogP contribution in [-0.4, -0.2) is 26.5 Å². The van der Waals surface area contributed by atoms with E-state index in [-0.39, 0.29) is 0 Å². The average molecular weight is 632 g/mol. The van der Waals surface area contributed by atoms with Crippen LogP contribution in [0.5, 0.6) is 0 Å². The first-order chi connectivity index (χ1) is 24.2. The molecule has 0 spiro atoms. The molecule has 0 unspecified atom stereocenters. The fourth-order valence-corrected chi connectivity index (χ4v) is 5.99. The lowest BCUT2D eigenvalue weighted by Gasteiger charge is -2.17. The Kier molecular flexibility index (Phi) is 8.04. The molecular formula is C43H31N6+.